The van der Waals surface area contributed by atoms with Gasteiger partial charge in [-0.1, -0.05) is 30.3 Å². The van der Waals surface area contributed by atoms with E-state index in [2.05, 4.69) is 67.0 Å². The first-order chi connectivity index (χ1) is 12.9. The van der Waals surface area contributed by atoms with E-state index in [0.717, 1.165) is 57.3 Å². The van der Waals surface area contributed by atoms with Crippen LogP contribution in [0.25, 0.3) is 10.8 Å². The molecule has 3 N–H and O–H groups in total. The normalized spacial score (nSPS) is 14.4. The van der Waals surface area contributed by atoms with E-state index < -0.39 is 0 Å². The third kappa shape index (κ3) is 5.70. The van der Waals surface area contributed by atoms with E-state index in [-0.39, 0.29) is 34.0 Å². The highest BCUT2D eigenvalue weighted by atomic mass is 79.9. The molecule has 8 heteroatoms. The fourth-order valence-corrected chi connectivity index (χ4v) is 3.46. The lowest BCUT2D eigenvalue weighted by atomic mass is 10.2. The molecule has 0 bridgehead atoms. The van der Waals surface area contributed by atoms with Gasteiger partial charge in [0, 0.05) is 55.9 Å². The first-order valence-corrected chi connectivity index (χ1v) is 9.33. The van der Waals surface area contributed by atoms with Gasteiger partial charge in [-0.25, -0.2) is 10.4 Å². The third-order valence-corrected chi connectivity index (χ3v) is 4.94. The van der Waals surface area contributed by atoms with Crippen molar-refractivity contribution < 1.29 is 0 Å². The average Bonchev–Trinajstić information content (AvgIpc) is 3.12. The van der Waals surface area contributed by atoms with Crippen molar-refractivity contribution >= 4 is 56.4 Å². The van der Waals surface area contributed by atoms with E-state index >= 15 is 0 Å². The lowest BCUT2D eigenvalue weighted by Crippen LogP contribution is -2.47. The highest BCUT2D eigenvalue weighted by Crippen LogP contribution is 2.21. The number of aromatic amines is 1. The maximum Gasteiger partial charge on any atom is 0.128 e. The molecule has 1 aliphatic heterocycles. The predicted octanol–water partition coefficient (Wildman–Crippen LogP) is 3.85. The van der Waals surface area contributed by atoms with E-state index in [1.165, 1.54) is 10.8 Å². The smallest absolute Gasteiger partial charge is 0.128 e. The van der Waals surface area contributed by atoms with Gasteiger partial charge in [0.15, 0.2) is 0 Å². The minimum absolute atomic E-state index is 0. The van der Waals surface area contributed by atoms with Crippen molar-refractivity contribution in [2.75, 3.05) is 49.6 Å². The molecule has 1 aliphatic rings. The number of nitrogens with one attached hydrogen (secondary N) is 3. The monoisotopic (exact) mass is 510 g/mol. The van der Waals surface area contributed by atoms with Gasteiger partial charge in [-0.05, 0) is 25.1 Å². The molecule has 6 nitrogen and oxygen atoms in total. The second-order valence-electron chi connectivity index (χ2n) is 6.67. The molecule has 0 saturated carbocycles. The van der Waals surface area contributed by atoms with Crippen LogP contribution in [0.4, 0.5) is 11.6 Å². The fraction of sp³-hybridized carbons (Fsp3) is 0.350. The molecule has 3 heterocycles. The maximum atomic E-state index is 4.45. The zero-order chi connectivity index (χ0) is 17.6. The van der Waals surface area contributed by atoms with Gasteiger partial charge in [-0.2, -0.15) is 0 Å². The van der Waals surface area contributed by atoms with Crippen LogP contribution in [0.1, 0.15) is 6.42 Å². The van der Waals surface area contributed by atoms with Crippen LogP contribution in [0.15, 0.2) is 54.9 Å². The van der Waals surface area contributed by atoms with Crippen molar-refractivity contribution in [1.29, 1.82) is 0 Å². The van der Waals surface area contributed by atoms with E-state index in [1.807, 2.05) is 18.5 Å². The van der Waals surface area contributed by atoms with Crippen molar-refractivity contribution in [1.82, 2.24) is 20.3 Å². The summed E-state index contributed by atoms with van der Waals surface area (Å²) in [6, 6.07) is 14.5. The van der Waals surface area contributed by atoms with Crippen LogP contribution >= 0.6 is 34.0 Å². The molecule has 1 fully saturated rings. The van der Waals surface area contributed by atoms with Crippen LogP contribution in [0.2, 0.25) is 0 Å². The Morgan fingerprint density at radius 3 is 2.54 bits per heavy atom. The number of hydrazine groups is 1. The number of piperazine rings is 1. The Kier molecular flexibility index (Phi) is 9.24. The number of hydrogen-bond donors (Lipinski definition) is 3. The molecular weight excluding hydrogens is 484 g/mol. The Hall–Kier alpha value is -1.61. The summed E-state index contributed by atoms with van der Waals surface area (Å²) in [6.07, 6.45) is 5.02. The highest BCUT2D eigenvalue weighted by Gasteiger charge is 2.17. The maximum absolute atomic E-state index is 4.45. The summed E-state index contributed by atoms with van der Waals surface area (Å²) in [5, 5.41) is 2.44. The number of aromatic nitrogens is 2. The van der Waals surface area contributed by atoms with Crippen LogP contribution in [0, 0.1) is 0 Å². The number of halogens is 2. The lowest BCUT2D eigenvalue weighted by Gasteiger charge is -2.35. The van der Waals surface area contributed by atoms with Crippen molar-refractivity contribution in [3.8, 4) is 0 Å². The Bertz CT molecular complexity index is 818. The van der Waals surface area contributed by atoms with Crippen molar-refractivity contribution in [3.05, 3.63) is 54.9 Å². The minimum atomic E-state index is 0. The number of nitrogens with zero attached hydrogens (tertiary/aromatic N) is 3. The largest absolute Gasteiger partial charge is 0.354 e. The predicted molar refractivity (Wildman–Crippen MR) is 128 cm³/mol. The first-order valence-electron chi connectivity index (χ1n) is 9.33. The van der Waals surface area contributed by atoms with Gasteiger partial charge in [0.05, 0.1) is 0 Å². The van der Waals surface area contributed by atoms with Gasteiger partial charge in [-0.15, -0.1) is 34.0 Å². The fourth-order valence-electron chi connectivity index (χ4n) is 3.46. The first kappa shape index (κ1) is 22.7. The highest BCUT2D eigenvalue weighted by molar-refractivity contribution is 8.93. The minimum Gasteiger partial charge on any atom is -0.354 e. The molecule has 0 amide bonds. The van der Waals surface area contributed by atoms with E-state index in [0.29, 0.717) is 0 Å². The summed E-state index contributed by atoms with van der Waals surface area (Å²) < 4.78 is 0. The number of hydrogen-bond acceptors (Lipinski definition) is 5. The summed E-state index contributed by atoms with van der Waals surface area (Å²) in [4.78, 5) is 12.6. The standard InChI is InChI=1S/C20H26N6.2BrH/c1-2-7-18-17(6-1)16-22-20(18)24-23-10-5-11-25-12-14-26(15-13-25)19-8-3-4-9-21-19;;/h1-4,6-9,16,22-24H,5,10-15H2;2*1H. The van der Waals surface area contributed by atoms with Crippen molar-refractivity contribution in [2.45, 2.75) is 6.42 Å². The number of rotatable bonds is 7. The topological polar surface area (TPSA) is 59.2 Å². The molecule has 4 rings (SSSR count). The van der Waals surface area contributed by atoms with Gasteiger partial charge in [0.2, 0.25) is 0 Å². The number of H-pyrrole nitrogens is 1. The molecule has 0 atom stereocenters. The summed E-state index contributed by atoms with van der Waals surface area (Å²) >= 11 is 0. The molecular formula is C20H28Br2N6. The van der Waals surface area contributed by atoms with Crippen molar-refractivity contribution in [2.24, 2.45) is 0 Å². The zero-order valence-electron chi connectivity index (χ0n) is 15.8. The van der Waals surface area contributed by atoms with E-state index in [4.69, 9.17) is 0 Å². The lowest BCUT2D eigenvalue weighted by molar-refractivity contribution is 0.254. The molecule has 1 aromatic carbocycles. The Morgan fingerprint density at radius 2 is 1.75 bits per heavy atom. The molecule has 0 spiro atoms. The molecule has 2 aromatic heterocycles. The number of fused-ring (bicyclic) bond motifs is 1. The Balaban J connectivity index is 0.00000140. The van der Waals surface area contributed by atoms with Gasteiger partial charge in [-0.3, -0.25) is 4.90 Å². The quantitative estimate of drug-likeness (QED) is 0.332. The summed E-state index contributed by atoms with van der Waals surface area (Å²) in [5.74, 6) is 2.13. The Labute approximate surface area is 187 Å². The summed E-state index contributed by atoms with van der Waals surface area (Å²) in [6.45, 7) is 6.37. The van der Waals surface area contributed by atoms with Crippen LogP contribution in [-0.2, 0) is 0 Å². The molecule has 0 radical (unpaired) electrons. The summed E-state index contributed by atoms with van der Waals surface area (Å²) in [5.41, 5.74) is 6.62. The van der Waals surface area contributed by atoms with Gasteiger partial charge in [0.25, 0.3) is 0 Å². The van der Waals surface area contributed by atoms with Crippen LogP contribution in [0.3, 0.4) is 0 Å². The molecule has 28 heavy (non-hydrogen) atoms. The number of anilines is 2. The van der Waals surface area contributed by atoms with Crippen LogP contribution in [-0.4, -0.2) is 54.1 Å². The van der Waals surface area contributed by atoms with Gasteiger partial charge < -0.3 is 15.3 Å². The molecule has 152 valence electrons. The van der Waals surface area contributed by atoms with Crippen molar-refractivity contribution in [3.63, 3.8) is 0 Å². The third-order valence-electron chi connectivity index (χ3n) is 4.94. The molecule has 0 unspecified atom stereocenters. The second kappa shape index (κ2) is 11.4. The molecule has 1 saturated heterocycles. The number of benzene rings is 1. The van der Waals surface area contributed by atoms with Crippen LogP contribution < -0.4 is 15.8 Å². The summed E-state index contributed by atoms with van der Waals surface area (Å²) in [7, 11) is 0. The Morgan fingerprint density at radius 1 is 0.964 bits per heavy atom. The zero-order valence-corrected chi connectivity index (χ0v) is 19.2. The SMILES string of the molecule is Br.Br.c1ccc(N2CCN(CCCNNc3[nH]cc4ccccc34)CC2)nc1. The van der Waals surface area contributed by atoms with E-state index in [1.54, 1.807) is 0 Å². The van der Waals surface area contributed by atoms with E-state index in [9.17, 15) is 0 Å². The molecule has 0 aliphatic carbocycles. The van der Waals surface area contributed by atoms with Crippen LogP contribution in [0.5, 0.6) is 0 Å². The molecule has 3 aromatic rings. The number of pyridine rings is 1. The average molecular weight is 512 g/mol. The second-order valence-corrected chi connectivity index (χ2v) is 6.67. The van der Waals surface area contributed by atoms with Gasteiger partial charge >= 0.3 is 0 Å². The van der Waals surface area contributed by atoms with Gasteiger partial charge in [0.1, 0.15) is 11.6 Å².